The molecule has 0 aliphatic carbocycles. The van der Waals surface area contributed by atoms with Gasteiger partial charge in [-0.3, -0.25) is 9.59 Å². The van der Waals surface area contributed by atoms with Crippen LogP contribution in [-0.4, -0.2) is 52.8 Å². The number of H-pyrrole nitrogens is 1. The summed E-state index contributed by atoms with van der Waals surface area (Å²) in [5.74, 6) is 0.0385. The van der Waals surface area contributed by atoms with Crippen molar-refractivity contribution in [3.63, 3.8) is 0 Å². The fourth-order valence-corrected chi connectivity index (χ4v) is 3.07. The van der Waals surface area contributed by atoms with E-state index in [1.807, 2.05) is 19.1 Å². The molecule has 2 amide bonds. The Morgan fingerprint density at radius 1 is 1.14 bits per heavy atom. The van der Waals surface area contributed by atoms with Crippen LogP contribution < -0.4 is 0 Å². The summed E-state index contributed by atoms with van der Waals surface area (Å²) in [5, 5.41) is 1.63. The van der Waals surface area contributed by atoms with Crippen LogP contribution in [0.1, 0.15) is 23.0 Å². The fraction of sp³-hybridized carbons (Fsp3) is 0.375. The third-order valence-electron chi connectivity index (χ3n) is 4.25. The summed E-state index contributed by atoms with van der Waals surface area (Å²) < 4.78 is 0. The molecule has 22 heavy (non-hydrogen) atoms. The van der Waals surface area contributed by atoms with E-state index in [0.29, 0.717) is 36.9 Å². The minimum absolute atomic E-state index is 0.0203. The molecule has 1 aliphatic rings. The van der Waals surface area contributed by atoms with Crippen LogP contribution in [-0.2, 0) is 4.79 Å². The molecule has 0 spiro atoms. The fourth-order valence-electron chi connectivity index (χ4n) is 2.90. The van der Waals surface area contributed by atoms with Gasteiger partial charge in [0.15, 0.2) is 0 Å². The molecule has 0 unspecified atom stereocenters. The third kappa shape index (κ3) is 2.57. The molecule has 1 aliphatic heterocycles. The molecule has 6 heteroatoms. The van der Waals surface area contributed by atoms with E-state index in [2.05, 4.69) is 4.98 Å². The Hall–Kier alpha value is -2.01. The summed E-state index contributed by atoms with van der Waals surface area (Å²) in [6, 6.07) is 5.56. The summed E-state index contributed by atoms with van der Waals surface area (Å²) in [7, 11) is 0. The minimum Gasteiger partial charge on any atom is -0.350 e. The lowest BCUT2D eigenvalue weighted by atomic mass is 10.1. The van der Waals surface area contributed by atoms with Crippen LogP contribution in [0.15, 0.2) is 18.2 Å². The van der Waals surface area contributed by atoms with Gasteiger partial charge in [0.1, 0.15) is 5.69 Å². The van der Waals surface area contributed by atoms with E-state index in [4.69, 9.17) is 11.6 Å². The largest absolute Gasteiger partial charge is 0.350 e. The van der Waals surface area contributed by atoms with Crippen LogP contribution in [0, 0.1) is 6.92 Å². The van der Waals surface area contributed by atoms with Gasteiger partial charge >= 0.3 is 0 Å². The first-order valence-electron chi connectivity index (χ1n) is 7.30. The lowest BCUT2D eigenvalue weighted by molar-refractivity contribution is -0.130. The lowest BCUT2D eigenvalue weighted by Gasteiger charge is -2.34. The molecule has 3 rings (SSSR count). The van der Waals surface area contributed by atoms with Crippen LogP contribution in [0.25, 0.3) is 10.9 Å². The number of fused-ring (bicyclic) bond motifs is 1. The number of aromatic nitrogens is 1. The predicted molar refractivity (Wildman–Crippen MR) is 86.2 cm³/mol. The van der Waals surface area contributed by atoms with Gasteiger partial charge in [-0.05, 0) is 30.7 Å². The smallest absolute Gasteiger partial charge is 0.270 e. The zero-order chi connectivity index (χ0) is 15.9. The van der Waals surface area contributed by atoms with Crippen molar-refractivity contribution in [2.24, 2.45) is 0 Å². The molecule has 0 atom stereocenters. The van der Waals surface area contributed by atoms with Crippen LogP contribution >= 0.6 is 11.6 Å². The van der Waals surface area contributed by atoms with Gasteiger partial charge in [0.05, 0.1) is 0 Å². The maximum Gasteiger partial charge on any atom is 0.270 e. The number of amides is 2. The maximum atomic E-state index is 12.7. The Kier molecular flexibility index (Phi) is 3.83. The molecule has 1 saturated heterocycles. The molecule has 0 bridgehead atoms. The average Bonchev–Trinajstić information content (AvgIpc) is 2.83. The SMILES string of the molecule is CC(=O)N1CCN(C(=O)c2[nH]c3ccc(Cl)cc3c2C)CC1. The second-order valence-electron chi connectivity index (χ2n) is 5.61. The van der Waals surface area contributed by atoms with Crippen LogP contribution in [0.4, 0.5) is 0 Å². The number of aromatic amines is 1. The third-order valence-corrected chi connectivity index (χ3v) is 4.48. The minimum atomic E-state index is -0.0203. The first-order chi connectivity index (χ1) is 10.5. The van der Waals surface area contributed by atoms with Gasteiger partial charge in [0, 0.05) is 49.0 Å². The molecule has 0 saturated carbocycles. The van der Waals surface area contributed by atoms with E-state index in [0.717, 1.165) is 16.5 Å². The molecule has 1 fully saturated rings. The van der Waals surface area contributed by atoms with Crippen molar-refractivity contribution in [2.45, 2.75) is 13.8 Å². The number of nitrogens with one attached hydrogen (secondary N) is 1. The van der Waals surface area contributed by atoms with Gasteiger partial charge in [-0.1, -0.05) is 11.6 Å². The Morgan fingerprint density at radius 2 is 1.77 bits per heavy atom. The Balaban J connectivity index is 1.84. The monoisotopic (exact) mass is 319 g/mol. The highest BCUT2D eigenvalue weighted by Crippen LogP contribution is 2.26. The predicted octanol–water partition coefficient (Wildman–Crippen LogP) is 2.43. The quantitative estimate of drug-likeness (QED) is 0.877. The summed E-state index contributed by atoms with van der Waals surface area (Å²) in [5.41, 5.74) is 2.43. The number of hydrogen-bond acceptors (Lipinski definition) is 2. The summed E-state index contributed by atoms with van der Waals surface area (Å²) in [6.07, 6.45) is 0. The van der Waals surface area contributed by atoms with Crippen LogP contribution in [0.5, 0.6) is 0 Å². The zero-order valence-corrected chi connectivity index (χ0v) is 13.4. The van der Waals surface area contributed by atoms with Crippen LogP contribution in [0.3, 0.4) is 0 Å². The maximum absolute atomic E-state index is 12.7. The molecule has 116 valence electrons. The Bertz CT molecular complexity index is 745. The van der Waals surface area contributed by atoms with Gasteiger partial charge in [-0.2, -0.15) is 0 Å². The van der Waals surface area contributed by atoms with Crippen LogP contribution in [0.2, 0.25) is 5.02 Å². The van der Waals surface area contributed by atoms with E-state index in [-0.39, 0.29) is 11.8 Å². The van der Waals surface area contributed by atoms with E-state index in [9.17, 15) is 9.59 Å². The number of carbonyl (C=O) groups excluding carboxylic acids is 2. The highest BCUT2D eigenvalue weighted by atomic mass is 35.5. The topological polar surface area (TPSA) is 56.4 Å². The molecule has 2 aromatic rings. The van der Waals surface area contributed by atoms with Gasteiger partial charge in [0.25, 0.3) is 5.91 Å². The van der Waals surface area contributed by atoms with Crippen molar-refractivity contribution < 1.29 is 9.59 Å². The normalized spacial score (nSPS) is 15.4. The molecular formula is C16H18ClN3O2. The van der Waals surface area contributed by atoms with Crippen molar-refractivity contribution in [3.8, 4) is 0 Å². The standard InChI is InChI=1S/C16H18ClN3O2/c1-10-13-9-12(17)3-4-14(13)18-15(10)16(22)20-7-5-19(6-8-20)11(2)21/h3-4,9,18H,5-8H2,1-2H3. The Morgan fingerprint density at radius 3 is 2.41 bits per heavy atom. The van der Waals surface area contributed by atoms with Gasteiger partial charge in [0.2, 0.25) is 5.91 Å². The molecule has 1 N–H and O–H groups in total. The van der Waals surface area contributed by atoms with E-state index < -0.39 is 0 Å². The molecular weight excluding hydrogens is 302 g/mol. The highest BCUT2D eigenvalue weighted by Gasteiger charge is 2.25. The van der Waals surface area contributed by atoms with E-state index >= 15 is 0 Å². The lowest BCUT2D eigenvalue weighted by Crippen LogP contribution is -2.50. The van der Waals surface area contributed by atoms with Crippen molar-refractivity contribution in [3.05, 3.63) is 34.5 Å². The number of rotatable bonds is 1. The van der Waals surface area contributed by atoms with Crippen molar-refractivity contribution in [1.29, 1.82) is 0 Å². The molecule has 0 radical (unpaired) electrons. The number of piperazine rings is 1. The van der Waals surface area contributed by atoms with Crippen molar-refractivity contribution in [1.82, 2.24) is 14.8 Å². The average molecular weight is 320 g/mol. The number of halogens is 1. The summed E-state index contributed by atoms with van der Waals surface area (Å²) in [4.78, 5) is 30.8. The van der Waals surface area contributed by atoms with Crippen molar-refractivity contribution >= 4 is 34.3 Å². The molecule has 1 aromatic heterocycles. The van der Waals surface area contributed by atoms with E-state index in [1.54, 1.807) is 22.8 Å². The number of aryl methyl sites for hydroxylation is 1. The Labute approximate surface area is 133 Å². The first-order valence-corrected chi connectivity index (χ1v) is 7.68. The molecule has 1 aromatic carbocycles. The number of benzene rings is 1. The zero-order valence-electron chi connectivity index (χ0n) is 12.6. The summed E-state index contributed by atoms with van der Waals surface area (Å²) >= 11 is 6.03. The number of carbonyl (C=O) groups is 2. The second kappa shape index (κ2) is 5.65. The van der Waals surface area contributed by atoms with Gasteiger partial charge in [-0.25, -0.2) is 0 Å². The van der Waals surface area contributed by atoms with Gasteiger partial charge in [-0.15, -0.1) is 0 Å². The second-order valence-corrected chi connectivity index (χ2v) is 6.05. The molecule has 5 nitrogen and oxygen atoms in total. The molecule has 2 heterocycles. The highest BCUT2D eigenvalue weighted by molar-refractivity contribution is 6.31. The number of hydrogen-bond donors (Lipinski definition) is 1. The first kappa shape index (κ1) is 14.9. The van der Waals surface area contributed by atoms with Gasteiger partial charge < -0.3 is 14.8 Å². The van der Waals surface area contributed by atoms with E-state index in [1.165, 1.54) is 0 Å². The summed E-state index contributed by atoms with van der Waals surface area (Å²) in [6.45, 7) is 5.79. The number of nitrogens with zero attached hydrogens (tertiary/aromatic N) is 2. The van der Waals surface area contributed by atoms with Crippen molar-refractivity contribution in [2.75, 3.05) is 26.2 Å².